The number of amides is 1. The summed E-state index contributed by atoms with van der Waals surface area (Å²) in [6.07, 6.45) is -1.12. The van der Waals surface area contributed by atoms with Gasteiger partial charge in [-0.1, -0.05) is 54.6 Å². The molecule has 4 rings (SSSR count). The molecule has 6 nitrogen and oxygen atoms in total. The quantitative estimate of drug-likeness (QED) is 0.225. The van der Waals surface area contributed by atoms with Gasteiger partial charge in [0, 0.05) is 35.8 Å². The van der Waals surface area contributed by atoms with Crippen LogP contribution in [0.5, 0.6) is 5.75 Å². The third-order valence-electron chi connectivity index (χ3n) is 6.40. The zero-order valence-corrected chi connectivity index (χ0v) is 21.9. The van der Waals surface area contributed by atoms with Gasteiger partial charge in [0.2, 0.25) is 0 Å². The second-order valence-electron chi connectivity index (χ2n) is 9.39. The van der Waals surface area contributed by atoms with Gasteiger partial charge in [0.1, 0.15) is 17.4 Å². The Balaban J connectivity index is 1.49. The predicted molar refractivity (Wildman–Crippen MR) is 148 cm³/mol. The molecule has 0 aliphatic carbocycles. The molecular formula is C32H30F2N2O4. The number of methoxy groups -OCH3 is 1. The number of carbonyl (C=O) groups is 2. The minimum Gasteiger partial charge on any atom is -0.497 e. The van der Waals surface area contributed by atoms with Gasteiger partial charge in [0.05, 0.1) is 19.3 Å². The van der Waals surface area contributed by atoms with Gasteiger partial charge in [0.15, 0.2) is 5.78 Å². The van der Waals surface area contributed by atoms with Crippen molar-refractivity contribution in [1.82, 2.24) is 10.6 Å². The predicted octanol–water partition coefficient (Wildman–Crippen LogP) is 4.70. The number of ether oxygens (including phenoxy) is 1. The highest BCUT2D eigenvalue weighted by Crippen LogP contribution is 2.16. The minimum absolute atomic E-state index is 0.0228. The van der Waals surface area contributed by atoms with Crippen LogP contribution in [0.25, 0.3) is 0 Å². The molecule has 0 spiro atoms. The van der Waals surface area contributed by atoms with Crippen molar-refractivity contribution in [3.05, 3.63) is 137 Å². The van der Waals surface area contributed by atoms with Crippen molar-refractivity contribution < 1.29 is 28.2 Å². The van der Waals surface area contributed by atoms with Gasteiger partial charge in [-0.2, -0.15) is 0 Å². The van der Waals surface area contributed by atoms with Gasteiger partial charge in [0.25, 0.3) is 5.91 Å². The Hall–Kier alpha value is -4.40. The van der Waals surface area contributed by atoms with Crippen LogP contribution in [0.3, 0.4) is 0 Å². The summed E-state index contributed by atoms with van der Waals surface area (Å²) in [5, 5.41) is 17.0. The molecule has 0 aliphatic heterocycles. The number of benzene rings is 4. The van der Waals surface area contributed by atoms with Crippen LogP contribution in [0.1, 0.15) is 37.4 Å². The molecule has 4 aromatic carbocycles. The van der Waals surface area contributed by atoms with E-state index in [1.165, 1.54) is 6.07 Å². The van der Waals surface area contributed by atoms with Crippen molar-refractivity contribution in [2.45, 2.75) is 25.1 Å². The van der Waals surface area contributed by atoms with E-state index in [1.54, 1.807) is 49.6 Å². The molecule has 3 N–H and O–H groups in total. The fraction of sp³-hybridized carbons (Fsp3) is 0.188. The van der Waals surface area contributed by atoms with Crippen LogP contribution in [0.2, 0.25) is 0 Å². The molecule has 0 bridgehead atoms. The largest absolute Gasteiger partial charge is 0.497 e. The fourth-order valence-electron chi connectivity index (χ4n) is 4.36. The van der Waals surface area contributed by atoms with Crippen LogP contribution in [0.15, 0.2) is 97.1 Å². The van der Waals surface area contributed by atoms with Gasteiger partial charge < -0.3 is 20.5 Å². The number of aliphatic hydroxyl groups is 1. The maximum absolute atomic E-state index is 13.9. The topological polar surface area (TPSA) is 87.7 Å². The highest BCUT2D eigenvalue weighted by Gasteiger charge is 2.23. The summed E-state index contributed by atoms with van der Waals surface area (Å²) < 4.78 is 33.0. The normalized spacial score (nSPS) is 12.4. The van der Waals surface area contributed by atoms with Crippen LogP contribution < -0.4 is 15.4 Å². The van der Waals surface area contributed by atoms with Gasteiger partial charge in [-0.25, -0.2) is 8.78 Å². The molecule has 206 valence electrons. The average molecular weight is 545 g/mol. The van der Waals surface area contributed by atoms with E-state index in [0.717, 1.165) is 23.8 Å². The summed E-state index contributed by atoms with van der Waals surface area (Å²) in [4.78, 5) is 26.1. The lowest BCUT2D eigenvalue weighted by atomic mass is 9.99. The number of nitrogens with one attached hydrogen (secondary N) is 2. The number of hydrogen-bond donors (Lipinski definition) is 3. The van der Waals surface area contributed by atoms with Crippen molar-refractivity contribution in [1.29, 1.82) is 0 Å². The summed E-state index contributed by atoms with van der Waals surface area (Å²) in [7, 11) is 1.58. The first-order valence-electron chi connectivity index (χ1n) is 12.8. The Morgan fingerprint density at radius 3 is 2.20 bits per heavy atom. The number of hydrogen-bond acceptors (Lipinski definition) is 5. The summed E-state index contributed by atoms with van der Waals surface area (Å²) in [5.41, 5.74) is 2.25. The smallest absolute Gasteiger partial charge is 0.251 e. The maximum Gasteiger partial charge on any atom is 0.251 e. The number of aliphatic hydroxyl groups excluding tert-OH is 1. The van der Waals surface area contributed by atoms with Gasteiger partial charge in [-0.15, -0.1) is 0 Å². The van der Waals surface area contributed by atoms with E-state index < -0.39 is 29.7 Å². The van der Waals surface area contributed by atoms with E-state index >= 15 is 0 Å². The first kappa shape index (κ1) is 28.6. The summed E-state index contributed by atoms with van der Waals surface area (Å²) in [6, 6.07) is 24.6. The SMILES string of the molecule is COc1cccc(CNC[C@@H](O)[C@H](Cc2cc(F)cc(F)c2)NC(=O)c2cccc(C(=O)c3ccccc3)c2)c1. The van der Waals surface area contributed by atoms with E-state index in [9.17, 15) is 23.5 Å². The highest BCUT2D eigenvalue weighted by atomic mass is 19.1. The lowest BCUT2D eigenvalue weighted by molar-refractivity contribution is 0.0830. The Kier molecular flexibility index (Phi) is 9.72. The molecule has 0 radical (unpaired) electrons. The Labute approximate surface area is 231 Å². The second kappa shape index (κ2) is 13.6. The van der Waals surface area contributed by atoms with Crippen LogP contribution in [-0.4, -0.2) is 42.6 Å². The van der Waals surface area contributed by atoms with Crippen molar-refractivity contribution in [3.63, 3.8) is 0 Å². The molecule has 0 aliphatic rings. The summed E-state index contributed by atoms with van der Waals surface area (Å²) in [6.45, 7) is 0.514. The first-order chi connectivity index (χ1) is 19.3. The van der Waals surface area contributed by atoms with E-state index in [-0.39, 0.29) is 29.9 Å². The lowest BCUT2D eigenvalue weighted by Gasteiger charge is -2.25. The van der Waals surface area contributed by atoms with Crippen LogP contribution >= 0.6 is 0 Å². The minimum atomic E-state index is -1.10. The van der Waals surface area contributed by atoms with E-state index in [4.69, 9.17) is 4.74 Å². The zero-order chi connectivity index (χ0) is 28.5. The number of carbonyl (C=O) groups excluding carboxylic acids is 2. The molecule has 2 atom stereocenters. The molecule has 0 saturated carbocycles. The van der Waals surface area contributed by atoms with Gasteiger partial charge in [-0.3, -0.25) is 9.59 Å². The van der Waals surface area contributed by atoms with Crippen LogP contribution in [0.4, 0.5) is 8.78 Å². The third-order valence-corrected chi connectivity index (χ3v) is 6.40. The molecule has 0 aromatic heterocycles. The van der Waals surface area contributed by atoms with Crippen molar-refractivity contribution in [2.75, 3.05) is 13.7 Å². The van der Waals surface area contributed by atoms with Crippen molar-refractivity contribution in [3.8, 4) is 5.75 Å². The molecule has 1 amide bonds. The molecule has 40 heavy (non-hydrogen) atoms. The average Bonchev–Trinajstić information content (AvgIpc) is 2.96. The zero-order valence-electron chi connectivity index (χ0n) is 21.9. The van der Waals surface area contributed by atoms with Gasteiger partial charge >= 0.3 is 0 Å². The Bertz CT molecular complexity index is 1440. The fourth-order valence-corrected chi connectivity index (χ4v) is 4.36. The molecule has 4 aromatic rings. The first-order valence-corrected chi connectivity index (χ1v) is 12.8. The summed E-state index contributed by atoms with van der Waals surface area (Å²) in [5.74, 6) is -1.57. The molecular weight excluding hydrogens is 514 g/mol. The summed E-state index contributed by atoms with van der Waals surface area (Å²) >= 11 is 0. The molecule has 0 unspecified atom stereocenters. The van der Waals surface area contributed by atoms with Crippen molar-refractivity contribution in [2.24, 2.45) is 0 Å². The molecule has 0 heterocycles. The number of ketones is 1. The number of halogens is 2. The van der Waals surface area contributed by atoms with E-state index in [0.29, 0.717) is 23.4 Å². The number of rotatable bonds is 12. The van der Waals surface area contributed by atoms with E-state index in [2.05, 4.69) is 10.6 Å². The van der Waals surface area contributed by atoms with Gasteiger partial charge in [-0.05, 0) is 53.9 Å². The molecule has 8 heteroatoms. The van der Waals surface area contributed by atoms with Crippen molar-refractivity contribution >= 4 is 11.7 Å². The van der Waals surface area contributed by atoms with Crippen LogP contribution in [0, 0.1) is 11.6 Å². The standard InChI is InChI=1S/C32H30F2N2O4/c1-40-28-12-5-7-21(15-28)19-35-20-30(37)29(16-22-13-26(33)18-27(34)14-22)36-32(39)25-11-6-10-24(17-25)31(38)23-8-3-2-4-9-23/h2-15,17-18,29-30,35,37H,16,19-20H2,1H3,(H,36,39)/t29-,30+/m0/s1. The van der Waals surface area contributed by atoms with E-state index in [1.807, 2.05) is 30.3 Å². The third kappa shape index (κ3) is 7.81. The molecule has 0 fully saturated rings. The maximum atomic E-state index is 13.9. The Morgan fingerprint density at radius 2 is 1.48 bits per heavy atom. The monoisotopic (exact) mass is 544 g/mol. The Morgan fingerprint density at radius 1 is 0.800 bits per heavy atom. The van der Waals surface area contributed by atoms with Crippen LogP contribution in [-0.2, 0) is 13.0 Å². The highest BCUT2D eigenvalue weighted by molar-refractivity contribution is 6.10. The molecule has 0 saturated heterocycles. The second-order valence-corrected chi connectivity index (χ2v) is 9.39. The lowest BCUT2D eigenvalue weighted by Crippen LogP contribution is -2.48.